The van der Waals surface area contributed by atoms with Crippen molar-refractivity contribution in [3.8, 4) is 11.3 Å². The SMILES string of the molecule is CC(C)CNc1cccc2c3cccc(NC(=O)C(C)(C)C)cc-3nc12.O=C(O)c1ccccc1C(=O)O. The molecule has 0 saturated heterocycles. The van der Waals surface area contributed by atoms with Gasteiger partial charge in [-0.1, -0.05) is 71.0 Å². The van der Waals surface area contributed by atoms with Crippen LogP contribution in [0.25, 0.3) is 22.2 Å². The number of rotatable bonds is 6. The van der Waals surface area contributed by atoms with E-state index in [0.29, 0.717) is 5.92 Å². The molecular weight excluding hydrogens is 482 g/mol. The predicted molar refractivity (Wildman–Crippen MR) is 150 cm³/mol. The average molecular weight is 516 g/mol. The molecule has 0 radical (unpaired) electrons. The molecule has 8 nitrogen and oxygen atoms in total. The second kappa shape index (κ2) is 11.7. The molecule has 4 N–H and O–H groups in total. The monoisotopic (exact) mass is 515 g/mol. The number of anilines is 2. The molecule has 2 aromatic carbocycles. The molecule has 1 heterocycles. The molecule has 2 aliphatic rings. The summed E-state index contributed by atoms with van der Waals surface area (Å²) in [5.41, 5.74) is 3.94. The van der Waals surface area contributed by atoms with Gasteiger partial charge in [0, 0.05) is 28.6 Å². The zero-order valence-corrected chi connectivity index (χ0v) is 22.2. The zero-order chi connectivity index (χ0) is 28.0. The summed E-state index contributed by atoms with van der Waals surface area (Å²) in [5.74, 6) is -1.90. The van der Waals surface area contributed by atoms with Gasteiger partial charge >= 0.3 is 11.9 Å². The van der Waals surface area contributed by atoms with Crippen LogP contribution in [-0.4, -0.2) is 39.6 Å². The van der Waals surface area contributed by atoms with Gasteiger partial charge in [-0.3, -0.25) is 4.79 Å². The number of aromatic carboxylic acids is 2. The fourth-order valence-electron chi connectivity index (χ4n) is 3.64. The molecule has 0 aromatic heterocycles. The maximum atomic E-state index is 12.3. The molecule has 4 rings (SSSR count). The van der Waals surface area contributed by atoms with Crippen LogP contribution < -0.4 is 10.6 Å². The van der Waals surface area contributed by atoms with E-state index in [4.69, 9.17) is 15.2 Å². The topological polar surface area (TPSA) is 129 Å². The van der Waals surface area contributed by atoms with Gasteiger partial charge in [0.1, 0.15) is 0 Å². The number of amides is 1. The Morgan fingerprint density at radius 3 is 2.03 bits per heavy atom. The summed E-state index contributed by atoms with van der Waals surface area (Å²) in [5, 5.41) is 24.7. The van der Waals surface area contributed by atoms with Crippen LogP contribution in [0.15, 0.2) is 66.7 Å². The lowest BCUT2D eigenvalue weighted by atomic mass is 9.95. The van der Waals surface area contributed by atoms with Crippen LogP contribution in [0, 0.1) is 11.3 Å². The Kier molecular flexibility index (Phi) is 8.68. The highest BCUT2D eigenvalue weighted by Crippen LogP contribution is 2.35. The molecule has 1 aliphatic heterocycles. The van der Waals surface area contributed by atoms with E-state index < -0.39 is 17.4 Å². The van der Waals surface area contributed by atoms with Crippen LogP contribution in [-0.2, 0) is 4.79 Å². The lowest BCUT2D eigenvalue weighted by Crippen LogP contribution is -2.27. The van der Waals surface area contributed by atoms with Crippen LogP contribution in [0.1, 0.15) is 55.3 Å². The molecule has 1 aliphatic carbocycles. The van der Waals surface area contributed by atoms with Crippen molar-refractivity contribution in [2.45, 2.75) is 34.6 Å². The predicted octanol–water partition coefficient (Wildman–Crippen LogP) is 6.48. The Labute approximate surface area is 222 Å². The first-order valence-corrected chi connectivity index (χ1v) is 12.3. The molecule has 0 atom stereocenters. The highest BCUT2D eigenvalue weighted by Gasteiger charge is 2.22. The van der Waals surface area contributed by atoms with Gasteiger partial charge < -0.3 is 20.8 Å². The maximum absolute atomic E-state index is 12.3. The first kappa shape index (κ1) is 28.1. The summed E-state index contributed by atoms with van der Waals surface area (Å²) in [6.07, 6.45) is 0. The van der Waals surface area contributed by atoms with E-state index in [1.165, 1.54) is 24.3 Å². The van der Waals surface area contributed by atoms with Crippen molar-refractivity contribution < 1.29 is 24.6 Å². The third-order valence-electron chi connectivity index (χ3n) is 5.69. The quantitative estimate of drug-likeness (QED) is 0.231. The number of hydrogen-bond acceptors (Lipinski definition) is 5. The van der Waals surface area contributed by atoms with Gasteiger partial charge in [0.05, 0.1) is 28.0 Å². The fourth-order valence-corrected chi connectivity index (χ4v) is 3.64. The van der Waals surface area contributed by atoms with Gasteiger partial charge in [0.15, 0.2) is 0 Å². The van der Waals surface area contributed by atoms with E-state index in [1.807, 2.05) is 39.0 Å². The molecule has 198 valence electrons. The maximum Gasteiger partial charge on any atom is 0.336 e. The van der Waals surface area contributed by atoms with Crippen LogP contribution in [0.5, 0.6) is 0 Å². The summed E-state index contributed by atoms with van der Waals surface area (Å²) in [6.45, 7) is 11.0. The van der Waals surface area contributed by atoms with Gasteiger partial charge in [-0.2, -0.15) is 0 Å². The number of nitrogens with zero attached hydrogens (tertiary/aromatic N) is 1. The van der Waals surface area contributed by atoms with Gasteiger partial charge in [-0.25, -0.2) is 14.6 Å². The zero-order valence-electron chi connectivity index (χ0n) is 22.2. The lowest BCUT2D eigenvalue weighted by Gasteiger charge is -2.17. The van der Waals surface area contributed by atoms with E-state index in [-0.39, 0.29) is 17.0 Å². The summed E-state index contributed by atoms with van der Waals surface area (Å²) >= 11 is 0. The van der Waals surface area contributed by atoms with Crippen molar-refractivity contribution in [2.24, 2.45) is 11.3 Å². The molecule has 38 heavy (non-hydrogen) atoms. The number of para-hydroxylation sites is 1. The Hall–Kier alpha value is -4.46. The number of nitrogens with one attached hydrogen (secondary N) is 2. The van der Waals surface area contributed by atoms with Gasteiger partial charge in [-0.15, -0.1) is 0 Å². The number of carbonyl (C=O) groups is 3. The van der Waals surface area contributed by atoms with Crippen LogP contribution >= 0.6 is 0 Å². The van der Waals surface area contributed by atoms with Crippen LogP contribution in [0.4, 0.5) is 11.4 Å². The first-order chi connectivity index (χ1) is 17.9. The molecule has 0 spiro atoms. The molecule has 8 heteroatoms. The van der Waals surface area contributed by atoms with E-state index in [1.54, 1.807) is 0 Å². The lowest BCUT2D eigenvalue weighted by molar-refractivity contribution is -0.123. The minimum absolute atomic E-state index is 0.00718. The standard InChI is InChI=1S/C22H27N3O.C8H6O4/c1-14(2)13-23-18-11-7-10-17-16-9-6-8-15(12-19(16)25-20(17)18)24-21(26)22(3,4)5;9-7(10)5-3-1-2-4-6(5)8(11)12/h6-12,14,23H,13H2,1-5H3,(H,24,26);1-4H,(H,9,10)(H,11,12). The van der Waals surface area contributed by atoms with E-state index in [9.17, 15) is 14.4 Å². The summed E-state index contributed by atoms with van der Waals surface area (Å²) < 4.78 is 0. The average Bonchev–Trinajstić information content (AvgIpc) is 3.07. The Bertz CT molecular complexity index is 1410. The van der Waals surface area contributed by atoms with Gasteiger partial charge in [0.2, 0.25) is 5.91 Å². The highest BCUT2D eigenvalue weighted by atomic mass is 16.4. The van der Waals surface area contributed by atoms with Crippen LogP contribution in [0.3, 0.4) is 0 Å². The van der Waals surface area contributed by atoms with E-state index in [0.717, 1.165) is 40.1 Å². The summed E-state index contributed by atoms with van der Waals surface area (Å²) in [6, 6.07) is 19.6. The smallest absolute Gasteiger partial charge is 0.336 e. The Balaban J connectivity index is 0.000000279. The van der Waals surface area contributed by atoms with Crippen molar-refractivity contribution in [1.82, 2.24) is 4.98 Å². The van der Waals surface area contributed by atoms with Crippen molar-refractivity contribution in [3.05, 3.63) is 77.9 Å². The van der Waals surface area contributed by atoms with E-state index >= 15 is 0 Å². The van der Waals surface area contributed by atoms with Crippen LogP contribution in [0.2, 0.25) is 0 Å². The number of fused-ring (bicyclic) bond motifs is 3. The van der Waals surface area contributed by atoms with Crippen molar-refractivity contribution in [3.63, 3.8) is 0 Å². The number of carboxylic acid groups (broad SMARTS) is 2. The third kappa shape index (κ3) is 6.85. The highest BCUT2D eigenvalue weighted by molar-refractivity contribution is 6.04. The van der Waals surface area contributed by atoms with Crippen molar-refractivity contribution >= 4 is 40.1 Å². The number of aromatic nitrogens is 1. The number of carbonyl (C=O) groups excluding carboxylic acids is 1. The first-order valence-electron chi connectivity index (χ1n) is 12.3. The molecule has 0 fully saturated rings. The van der Waals surface area contributed by atoms with Gasteiger partial charge in [-0.05, 0) is 36.2 Å². The molecule has 0 saturated carbocycles. The molecule has 0 unspecified atom stereocenters. The minimum atomic E-state index is -1.23. The Morgan fingerprint density at radius 1 is 0.868 bits per heavy atom. The largest absolute Gasteiger partial charge is 0.478 e. The molecule has 2 aromatic rings. The number of carboxylic acids is 2. The second-order valence-corrected chi connectivity index (χ2v) is 10.4. The molecular formula is C30H33N3O5. The summed E-state index contributed by atoms with van der Waals surface area (Å²) in [4.78, 5) is 38.1. The second-order valence-electron chi connectivity index (χ2n) is 10.4. The van der Waals surface area contributed by atoms with E-state index in [2.05, 4.69) is 48.7 Å². The number of hydrogen-bond donors (Lipinski definition) is 4. The third-order valence-corrected chi connectivity index (χ3v) is 5.69. The minimum Gasteiger partial charge on any atom is -0.478 e. The fraction of sp³-hybridized carbons (Fsp3) is 0.267. The Morgan fingerprint density at radius 2 is 1.47 bits per heavy atom. The molecule has 1 amide bonds. The summed E-state index contributed by atoms with van der Waals surface area (Å²) in [7, 11) is 0. The molecule has 0 bridgehead atoms. The number of benzene rings is 2. The normalized spacial score (nSPS) is 11.1. The van der Waals surface area contributed by atoms with Crippen molar-refractivity contribution in [1.29, 1.82) is 0 Å². The van der Waals surface area contributed by atoms with Gasteiger partial charge in [0.25, 0.3) is 0 Å². The van der Waals surface area contributed by atoms with Crippen molar-refractivity contribution in [2.75, 3.05) is 17.2 Å².